The van der Waals surface area contributed by atoms with Gasteiger partial charge in [0.25, 0.3) is 0 Å². The molecule has 1 saturated heterocycles. The number of aliphatic hydroxyl groups is 4. The van der Waals surface area contributed by atoms with E-state index in [0.29, 0.717) is 5.52 Å². The molecule has 2 aromatic heterocycles. The molecule has 3 heterocycles. The molecule has 11 nitrogen and oxygen atoms in total. The molecule has 0 bridgehead atoms. The summed E-state index contributed by atoms with van der Waals surface area (Å²) in [7, 11) is 0. The molecule has 11 heteroatoms. The van der Waals surface area contributed by atoms with Gasteiger partial charge in [-0.15, -0.1) is 0 Å². The van der Waals surface area contributed by atoms with E-state index < -0.39 is 36.7 Å². The van der Waals surface area contributed by atoms with Crippen LogP contribution >= 0.6 is 0 Å². The number of fused-ring (bicyclic) bond motifs is 1. The summed E-state index contributed by atoms with van der Waals surface area (Å²) < 4.78 is 6.98. The molecule has 0 spiro atoms. The summed E-state index contributed by atoms with van der Waals surface area (Å²) in [6, 6.07) is 9.17. The van der Waals surface area contributed by atoms with Crippen molar-refractivity contribution in [2.75, 3.05) is 24.2 Å². The van der Waals surface area contributed by atoms with E-state index in [-0.39, 0.29) is 24.0 Å². The van der Waals surface area contributed by atoms with Crippen molar-refractivity contribution >= 4 is 22.9 Å². The van der Waals surface area contributed by atoms with Crippen molar-refractivity contribution in [2.45, 2.75) is 37.1 Å². The molecule has 30 heavy (non-hydrogen) atoms. The highest BCUT2D eigenvalue weighted by Crippen LogP contribution is 2.32. The van der Waals surface area contributed by atoms with Crippen molar-refractivity contribution in [3.05, 3.63) is 42.2 Å². The molecule has 0 amide bonds. The molecule has 160 valence electrons. The summed E-state index contributed by atoms with van der Waals surface area (Å²) in [6.07, 6.45) is -3.10. The first kappa shape index (κ1) is 20.4. The van der Waals surface area contributed by atoms with Crippen LogP contribution in [-0.2, 0) is 10.3 Å². The van der Waals surface area contributed by atoms with Crippen LogP contribution in [0.25, 0.3) is 11.2 Å². The van der Waals surface area contributed by atoms with Crippen LogP contribution < -0.4 is 11.1 Å². The topological polar surface area (TPSA) is 172 Å². The number of ether oxygens (including phenoxy) is 1. The molecule has 1 fully saturated rings. The highest BCUT2D eigenvalue weighted by molar-refractivity contribution is 5.83. The molecular weight excluding hydrogens is 392 g/mol. The zero-order valence-corrected chi connectivity index (χ0v) is 16.3. The fourth-order valence-corrected chi connectivity index (χ4v) is 3.46. The molecule has 1 aliphatic heterocycles. The molecule has 0 unspecified atom stereocenters. The first-order valence-corrected chi connectivity index (χ1v) is 9.46. The number of hydrogen-bond acceptors (Lipinski definition) is 10. The second kappa shape index (κ2) is 7.78. The van der Waals surface area contributed by atoms with E-state index in [0.717, 1.165) is 5.56 Å². The maximum atomic E-state index is 10.8. The van der Waals surface area contributed by atoms with Crippen molar-refractivity contribution in [1.29, 1.82) is 0 Å². The van der Waals surface area contributed by atoms with Gasteiger partial charge in [-0.25, -0.2) is 4.98 Å². The number of hydrogen-bond donors (Lipinski definition) is 6. The summed E-state index contributed by atoms with van der Waals surface area (Å²) in [4.78, 5) is 12.7. The first-order valence-electron chi connectivity index (χ1n) is 9.46. The van der Waals surface area contributed by atoms with Crippen LogP contribution in [0, 0.1) is 0 Å². The van der Waals surface area contributed by atoms with Crippen LogP contribution in [0.5, 0.6) is 0 Å². The van der Waals surface area contributed by atoms with Gasteiger partial charge in [0.15, 0.2) is 17.7 Å². The number of nitrogens with zero attached hydrogens (tertiary/aromatic N) is 4. The predicted octanol–water partition coefficient (Wildman–Crippen LogP) is -0.660. The van der Waals surface area contributed by atoms with Gasteiger partial charge >= 0.3 is 0 Å². The second-order valence-corrected chi connectivity index (χ2v) is 7.48. The summed E-state index contributed by atoms with van der Waals surface area (Å²) in [5.41, 5.74) is 6.13. The van der Waals surface area contributed by atoms with Crippen molar-refractivity contribution < 1.29 is 25.2 Å². The number of rotatable bonds is 6. The lowest BCUT2D eigenvalue weighted by Crippen LogP contribution is -2.33. The largest absolute Gasteiger partial charge is 0.394 e. The quantitative estimate of drug-likeness (QED) is 0.303. The van der Waals surface area contributed by atoms with Gasteiger partial charge in [-0.1, -0.05) is 30.3 Å². The number of nitrogens with two attached hydrogens (primary N) is 1. The third-order valence-corrected chi connectivity index (χ3v) is 5.23. The Balaban J connectivity index is 1.61. The average Bonchev–Trinajstić information content (AvgIpc) is 3.29. The molecule has 4 rings (SSSR count). The van der Waals surface area contributed by atoms with Gasteiger partial charge < -0.3 is 36.2 Å². The smallest absolute Gasteiger partial charge is 0.226 e. The van der Waals surface area contributed by atoms with Crippen molar-refractivity contribution in [2.24, 2.45) is 0 Å². The van der Waals surface area contributed by atoms with Gasteiger partial charge in [-0.05, 0) is 12.5 Å². The maximum Gasteiger partial charge on any atom is 0.226 e. The number of nitrogens with one attached hydrogen (secondary N) is 1. The van der Waals surface area contributed by atoms with Gasteiger partial charge in [0.05, 0.1) is 19.5 Å². The lowest BCUT2D eigenvalue weighted by Gasteiger charge is -2.24. The molecule has 3 aromatic rings. The van der Waals surface area contributed by atoms with Crippen molar-refractivity contribution in [3.8, 4) is 0 Å². The summed E-state index contributed by atoms with van der Waals surface area (Å²) >= 11 is 0. The Bertz CT molecular complexity index is 1030. The number of anilines is 2. The minimum absolute atomic E-state index is 0.104. The average molecular weight is 416 g/mol. The monoisotopic (exact) mass is 416 g/mol. The minimum Gasteiger partial charge on any atom is -0.394 e. The van der Waals surface area contributed by atoms with Gasteiger partial charge in [0.2, 0.25) is 5.95 Å². The highest BCUT2D eigenvalue weighted by atomic mass is 16.6. The molecule has 0 aliphatic carbocycles. The number of benzene rings is 1. The second-order valence-electron chi connectivity index (χ2n) is 7.48. The van der Waals surface area contributed by atoms with E-state index in [2.05, 4.69) is 20.3 Å². The minimum atomic E-state index is -1.29. The maximum absolute atomic E-state index is 10.8. The third kappa shape index (κ3) is 3.57. The lowest BCUT2D eigenvalue weighted by atomic mass is 9.96. The van der Waals surface area contributed by atoms with Gasteiger partial charge in [-0.3, -0.25) is 4.57 Å². The third-order valence-electron chi connectivity index (χ3n) is 5.23. The van der Waals surface area contributed by atoms with Crippen LogP contribution in [0.4, 0.5) is 11.8 Å². The number of aliphatic hydroxyl groups excluding tert-OH is 3. The zero-order valence-electron chi connectivity index (χ0n) is 16.3. The Labute approximate surface area is 171 Å². The Morgan fingerprint density at radius 3 is 2.60 bits per heavy atom. The molecule has 0 radical (unpaired) electrons. The Morgan fingerprint density at radius 1 is 1.20 bits per heavy atom. The SMILES string of the molecule is C[C@@](O)(CNc1nc(N)c2ncn([C@@H]3O[C@H](CO)[C@@H](O)[C@H]3O)c2n1)c1ccccc1. The molecular formula is C19H24N6O5. The van der Waals surface area contributed by atoms with Crippen LogP contribution in [0.1, 0.15) is 18.7 Å². The van der Waals surface area contributed by atoms with Crippen LogP contribution in [0.2, 0.25) is 0 Å². The van der Waals surface area contributed by atoms with E-state index in [1.165, 1.54) is 10.9 Å². The Kier molecular flexibility index (Phi) is 5.30. The predicted molar refractivity (Wildman–Crippen MR) is 107 cm³/mol. The van der Waals surface area contributed by atoms with Gasteiger partial charge in [0.1, 0.15) is 29.4 Å². The highest BCUT2D eigenvalue weighted by Gasteiger charge is 2.44. The summed E-state index contributed by atoms with van der Waals surface area (Å²) in [5, 5.41) is 43.4. The zero-order chi connectivity index (χ0) is 21.5. The van der Waals surface area contributed by atoms with Gasteiger partial charge in [0, 0.05) is 0 Å². The normalized spacial score (nSPS) is 26.0. The number of imidazole rings is 1. The lowest BCUT2D eigenvalue weighted by molar-refractivity contribution is -0.0511. The molecule has 1 aliphatic rings. The van der Waals surface area contributed by atoms with Crippen LogP contribution in [-0.4, -0.2) is 71.4 Å². The van der Waals surface area contributed by atoms with E-state index in [4.69, 9.17) is 10.5 Å². The fraction of sp³-hybridized carbons (Fsp3) is 0.421. The molecule has 5 atom stereocenters. The van der Waals surface area contributed by atoms with Crippen molar-refractivity contribution in [1.82, 2.24) is 19.5 Å². The molecule has 0 saturated carbocycles. The van der Waals surface area contributed by atoms with Crippen LogP contribution in [0.3, 0.4) is 0 Å². The molecule has 1 aromatic carbocycles. The summed E-state index contributed by atoms with van der Waals surface area (Å²) in [5.74, 6) is 0.261. The van der Waals surface area contributed by atoms with Gasteiger partial charge in [-0.2, -0.15) is 9.97 Å². The Hall–Kier alpha value is -2.83. The van der Waals surface area contributed by atoms with Crippen LogP contribution in [0.15, 0.2) is 36.7 Å². The fourth-order valence-electron chi connectivity index (χ4n) is 3.46. The van der Waals surface area contributed by atoms with E-state index >= 15 is 0 Å². The first-order chi connectivity index (χ1) is 14.3. The summed E-state index contributed by atoms with van der Waals surface area (Å²) in [6.45, 7) is 1.34. The van der Waals surface area contributed by atoms with E-state index in [9.17, 15) is 20.4 Å². The number of nitrogen functional groups attached to an aromatic ring is 1. The standard InChI is InChI=1S/C19H24N6O5/c1-19(29,10-5-3-2-4-6-10)8-21-18-23-15(20)12-16(24-18)25(9-22-12)17-14(28)13(27)11(7-26)30-17/h2-6,9,11,13-14,17,26-29H,7-8H2,1H3,(H3,20,21,23,24)/t11-,13-,14-,17-,19-/m1/s1. The number of aromatic nitrogens is 4. The van der Waals surface area contributed by atoms with E-state index in [1.807, 2.05) is 30.3 Å². The van der Waals surface area contributed by atoms with Crippen molar-refractivity contribution in [3.63, 3.8) is 0 Å². The van der Waals surface area contributed by atoms with E-state index in [1.54, 1.807) is 6.92 Å². The Morgan fingerprint density at radius 2 is 1.93 bits per heavy atom. The molecule has 7 N–H and O–H groups in total.